The fourth-order valence-corrected chi connectivity index (χ4v) is 1.76. The van der Waals surface area contributed by atoms with Crippen molar-refractivity contribution in [1.29, 1.82) is 0 Å². The minimum atomic E-state index is 1.33. The Morgan fingerprint density at radius 3 is 1.42 bits per heavy atom. The van der Waals surface area contributed by atoms with Crippen molar-refractivity contribution in [3.8, 4) is 0 Å². The largest absolute Gasteiger partial charge is 0.0683 e. The zero-order valence-corrected chi connectivity index (χ0v) is 14.4. The molecular weight excluding hydrogens is 228 g/mol. The van der Waals surface area contributed by atoms with E-state index in [2.05, 4.69) is 51.1 Å². The maximum atomic E-state index is 2.26. The topological polar surface area (TPSA) is 0 Å². The second kappa shape index (κ2) is 11.8. The number of fused-ring (bicyclic) bond motifs is 1. The fourth-order valence-electron chi connectivity index (χ4n) is 1.76. The van der Waals surface area contributed by atoms with Crippen LogP contribution in [0.15, 0.2) is 30.3 Å². The van der Waals surface area contributed by atoms with E-state index in [0.29, 0.717) is 0 Å². The zero-order chi connectivity index (χ0) is 15.4. The van der Waals surface area contributed by atoms with Gasteiger partial charge < -0.3 is 0 Å². The van der Waals surface area contributed by atoms with Gasteiger partial charge >= 0.3 is 0 Å². The van der Waals surface area contributed by atoms with Crippen molar-refractivity contribution in [2.45, 2.75) is 62.3 Å². The molecule has 2 rings (SSSR count). The number of hydrogen-bond donors (Lipinski definition) is 0. The predicted molar refractivity (Wildman–Crippen MR) is 92.2 cm³/mol. The number of aryl methyl sites for hydroxylation is 3. The number of hydrogen-bond acceptors (Lipinski definition) is 0. The zero-order valence-electron chi connectivity index (χ0n) is 14.4. The molecule has 0 fully saturated rings. The molecule has 0 nitrogen and oxygen atoms in total. The average molecular weight is 260 g/mol. The maximum absolute atomic E-state index is 2.26. The van der Waals surface area contributed by atoms with E-state index in [-0.39, 0.29) is 0 Å². The van der Waals surface area contributed by atoms with E-state index in [1.807, 2.05) is 41.5 Å². The summed E-state index contributed by atoms with van der Waals surface area (Å²) in [5, 5.41) is 2.77. The molecule has 0 aliphatic rings. The van der Waals surface area contributed by atoms with Crippen molar-refractivity contribution < 1.29 is 0 Å². The number of benzene rings is 2. The van der Waals surface area contributed by atoms with Gasteiger partial charge in [-0.05, 0) is 42.7 Å². The third-order valence-electron chi connectivity index (χ3n) is 2.61. The molecule has 2 aromatic rings. The molecule has 0 saturated carbocycles. The van der Waals surface area contributed by atoms with Gasteiger partial charge in [0.15, 0.2) is 0 Å². The van der Waals surface area contributed by atoms with Crippen LogP contribution in [0.25, 0.3) is 10.8 Å². The normalized spacial score (nSPS) is 8.26. The Morgan fingerprint density at radius 2 is 0.947 bits per heavy atom. The minimum absolute atomic E-state index is 1.33. The van der Waals surface area contributed by atoms with E-state index < -0.39 is 0 Å². The molecule has 108 valence electrons. The Hall–Kier alpha value is -1.30. The van der Waals surface area contributed by atoms with Crippen molar-refractivity contribution >= 4 is 10.8 Å². The first-order valence-electron chi connectivity index (χ1n) is 7.65. The van der Waals surface area contributed by atoms with Crippen LogP contribution < -0.4 is 0 Å². The molecule has 0 spiro atoms. The molecule has 0 aromatic heterocycles. The van der Waals surface area contributed by atoms with Gasteiger partial charge in [0.25, 0.3) is 0 Å². The standard InChI is InChI=1S/C13H14.3C2H6/c1-9-4-7-12-10(2)5-6-11(3)13(12)8-9;3*1-2/h4-8H,1-3H3;3*1-2H3. The van der Waals surface area contributed by atoms with Crippen molar-refractivity contribution in [2.24, 2.45) is 0 Å². The van der Waals surface area contributed by atoms with Gasteiger partial charge in [-0.2, -0.15) is 0 Å². The average Bonchev–Trinajstić information content (AvgIpc) is 2.49. The lowest BCUT2D eigenvalue weighted by molar-refractivity contribution is 1.43. The molecule has 0 N–H and O–H groups in total. The monoisotopic (exact) mass is 260 g/mol. The van der Waals surface area contributed by atoms with Gasteiger partial charge in [-0.15, -0.1) is 0 Å². The van der Waals surface area contributed by atoms with E-state index in [9.17, 15) is 0 Å². The molecular formula is C19H32. The summed E-state index contributed by atoms with van der Waals surface area (Å²) in [5.41, 5.74) is 4.06. The van der Waals surface area contributed by atoms with Gasteiger partial charge in [-0.3, -0.25) is 0 Å². The van der Waals surface area contributed by atoms with Gasteiger partial charge in [0.1, 0.15) is 0 Å². The second-order valence-corrected chi connectivity index (χ2v) is 3.75. The van der Waals surface area contributed by atoms with Crippen LogP contribution >= 0.6 is 0 Å². The highest BCUT2D eigenvalue weighted by Gasteiger charge is 1.99. The molecule has 0 heterocycles. The van der Waals surface area contributed by atoms with Crippen molar-refractivity contribution in [2.75, 3.05) is 0 Å². The maximum Gasteiger partial charge on any atom is -0.0149 e. The lowest BCUT2D eigenvalue weighted by Gasteiger charge is -2.05. The Kier molecular flexibility index (Phi) is 12.4. The van der Waals surface area contributed by atoms with Crippen LogP contribution in [0.2, 0.25) is 0 Å². The molecule has 0 unspecified atom stereocenters. The summed E-state index contributed by atoms with van der Waals surface area (Å²) < 4.78 is 0. The van der Waals surface area contributed by atoms with Crippen LogP contribution in [0.3, 0.4) is 0 Å². The van der Waals surface area contributed by atoms with Crippen molar-refractivity contribution in [1.82, 2.24) is 0 Å². The lowest BCUT2D eigenvalue weighted by atomic mass is 9.99. The third-order valence-corrected chi connectivity index (χ3v) is 2.61. The SMILES string of the molecule is CC.CC.CC.Cc1ccc2c(C)ccc(C)c2c1. The minimum Gasteiger partial charge on any atom is -0.0683 e. The fraction of sp³-hybridized carbons (Fsp3) is 0.474. The van der Waals surface area contributed by atoms with Gasteiger partial charge in [0, 0.05) is 0 Å². The summed E-state index contributed by atoms with van der Waals surface area (Å²) in [6.45, 7) is 18.5. The molecule has 0 aliphatic carbocycles. The van der Waals surface area contributed by atoms with Crippen LogP contribution in [0.4, 0.5) is 0 Å². The van der Waals surface area contributed by atoms with Crippen molar-refractivity contribution in [3.63, 3.8) is 0 Å². The number of rotatable bonds is 0. The van der Waals surface area contributed by atoms with Gasteiger partial charge in [-0.1, -0.05) is 77.4 Å². The smallest absolute Gasteiger partial charge is 0.0149 e. The summed E-state index contributed by atoms with van der Waals surface area (Å²) in [7, 11) is 0. The molecule has 0 heteroatoms. The van der Waals surface area contributed by atoms with E-state index in [4.69, 9.17) is 0 Å². The summed E-state index contributed by atoms with van der Waals surface area (Å²) in [5.74, 6) is 0. The second-order valence-electron chi connectivity index (χ2n) is 3.75. The van der Waals surface area contributed by atoms with E-state index in [1.54, 1.807) is 0 Å². The van der Waals surface area contributed by atoms with E-state index in [1.165, 1.54) is 27.5 Å². The highest BCUT2D eigenvalue weighted by Crippen LogP contribution is 2.22. The lowest BCUT2D eigenvalue weighted by Crippen LogP contribution is -1.83. The molecule has 19 heavy (non-hydrogen) atoms. The van der Waals surface area contributed by atoms with Gasteiger partial charge in [0.05, 0.1) is 0 Å². The van der Waals surface area contributed by atoms with Crippen LogP contribution in [-0.2, 0) is 0 Å². The molecule has 0 amide bonds. The third kappa shape index (κ3) is 5.92. The molecule has 2 aromatic carbocycles. The van der Waals surface area contributed by atoms with Gasteiger partial charge in [-0.25, -0.2) is 0 Å². The summed E-state index contributed by atoms with van der Waals surface area (Å²) in [6, 6.07) is 11.0. The van der Waals surface area contributed by atoms with Crippen molar-refractivity contribution in [3.05, 3.63) is 47.0 Å². The first kappa shape index (κ1) is 20.0. The quantitative estimate of drug-likeness (QED) is 0.486. The van der Waals surface area contributed by atoms with Crippen LogP contribution in [0.1, 0.15) is 58.2 Å². The Morgan fingerprint density at radius 1 is 0.526 bits per heavy atom. The Labute approximate surface area is 120 Å². The van der Waals surface area contributed by atoms with E-state index >= 15 is 0 Å². The molecule has 0 saturated heterocycles. The highest BCUT2D eigenvalue weighted by molar-refractivity contribution is 5.88. The molecule has 0 bridgehead atoms. The predicted octanol–water partition coefficient (Wildman–Crippen LogP) is 6.84. The Bertz CT molecular complexity index is 453. The molecule has 0 radical (unpaired) electrons. The first-order chi connectivity index (χ1) is 9.18. The van der Waals surface area contributed by atoms with E-state index in [0.717, 1.165) is 0 Å². The van der Waals surface area contributed by atoms with Gasteiger partial charge in [0.2, 0.25) is 0 Å². The molecule has 0 atom stereocenters. The summed E-state index contributed by atoms with van der Waals surface area (Å²) in [4.78, 5) is 0. The van der Waals surface area contributed by atoms with Crippen LogP contribution in [0.5, 0.6) is 0 Å². The Balaban J connectivity index is 0. The van der Waals surface area contributed by atoms with Crippen LogP contribution in [0, 0.1) is 20.8 Å². The highest BCUT2D eigenvalue weighted by atomic mass is 14.0. The van der Waals surface area contributed by atoms with Crippen LogP contribution in [-0.4, -0.2) is 0 Å². The summed E-state index contributed by atoms with van der Waals surface area (Å²) in [6.07, 6.45) is 0. The first-order valence-corrected chi connectivity index (χ1v) is 7.65. The summed E-state index contributed by atoms with van der Waals surface area (Å²) >= 11 is 0. The molecule has 0 aliphatic heterocycles.